The van der Waals surface area contributed by atoms with Gasteiger partial charge in [0, 0.05) is 22.8 Å². The molecule has 29 heavy (non-hydrogen) atoms. The van der Waals surface area contributed by atoms with Crippen LogP contribution in [0.25, 0.3) is 0 Å². The average Bonchev–Trinajstić information content (AvgIpc) is 3.22. The highest BCUT2D eigenvalue weighted by Crippen LogP contribution is 2.33. The number of halogens is 1. The van der Waals surface area contributed by atoms with E-state index < -0.39 is 0 Å². The molecule has 2 unspecified atom stereocenters. The van der Waals surface area contributed by atoms with E-state index in [1.165, 1.54) is 0 Å². The molecule has 1 aliphatic carbocycles. The van der Waals surface area contributed by atoms with Crippen molar-refractivity contribution < 1.29 is 14.3 Å². The summed E-state index contributed by atoms with van der Waals surface area (Å²) >= 11 is 5.94. The van der Waals surface area contributed by atoms with Crippen LogP contribution in [0, 0.1) is 5.92 Å². The summed E-state index contributed by atoms with van der Waals surface area (Å²) in [6.07, 6.45) is 4.66. The molecule has 2 amide bonds. The van der Waals surface area contributed by atoms with Gasteiger partial charge in [-0.05, 0) is 64.5 Å². The minimum Gasteiger partial charge on any atom is -0.446 e. The van der Waals surface area contributed by atoms with Crippen LogP contribution in [0.5, 0.6) is 0 Å². The Morgan fingerprint density at radius 2 is 2.07 bits per heavy atom. The number of hydrogen-bond acceptors (Lipinski definition) is 6. The van der Waals surface area contributed by atoms with Crippen LogP contribution in [-0.4, -0.2) is 40.8 Å². The number of hydrazine groups is 1. The van der Waals surface area contributed by atoms with E-state index in [9.17, 15) is 9.59 Å². The van der Waals surface area contributed by atoms with E-state index in [0.29, 0.717) is 16.6 Å². The predicted molar refractivity (Wildman–Crippen MR) is 110 cm³/mol. The van der Waals surface area contributed by atoms with Crippen molar-refractivity contribution in [3.63, 3.8) is 0 Å². The summed E-state index contributed by atoms with van der Waals surface area (Å²) in [6.45, 7) is 5.78. The van der Waals surface area contributed by atoms with Gasteiger partial charge in [0.25, 0.3) is 0 Å². The number of pyridine rings is 1. The second-order valence-corrected chi connectivity index (χ2v) is 9.31. The van der Waals surface area contributed by atoms with Crippen molar-refractivity contribution in [2.75, 3.05) is 0 Å². The molecule has 0 bridgehead atoms. The number of carbonyl (C=O) groups is 2. The van der Waals surface area contributed by atoms with Crippen LogP contribution in [0.2, 0.25) is 5.02 Å². The zero-order valence-electron chi connectivity index (χ0n) is 17.1. The Balaban J connectivity index is 1.40. The first-order chi connectivity index (χ1) is 13.7. The molecule has 4 atom stereocenters. The Labute approximate surface area is 176 Å². The number of nitrogens with zero attached hydrogens (tertiary/aromatic N) is 1. The summed E-state index contributed by atoms with van der Waals surface area (Å²) in [5.74, 6) is 0.289. The van der Waals surface area contributed by atoms with E-state index in [1.807, 2.05) is 20.8 Å². The first-order valence-corrected chi connectivity index (χ1v) is 10.5. The lowest BCUT2D eigenvalue weighted by atomic mass is 9.96. The van der Waals surface area contributed by atoms with Crippen molar-refractivity contribution >= 4 is 23.6 Å². The van der Waals surface area contributed by atoms with Crippen LogP contribution < -0.4 is 21.5 Å². The molecule has 0 radical (unpaired) electrons. The van der Waals surface area contributed by atoms with Crippen molar-refractivity contribution in [2.24, 2.45) is 5.92 Å². The number of alkyl carbamates (subject to hydrolysis) is 1. The first kappa shape index (κ1) is 21.8. The number of aromatic nitrogens is 1. The van der Waals surface area contributed by atoms with Gasteiger partial charge in [-0.25, -0.2) is 10.2 Å². The molecule has 2 aliphatic rings. The second-order valence-electron chi connectivity index (χ2n) is 8.87. The molecule has 1 aromatic rings. The van der Waals surface area contributed by atoms with Crippen molar-refractivity contribution in [2.45, 2.75) is 76.7 Å². The Bertz CT molecular complexity index is 739. The third-order valence-electron chi connectivity index (χ3n) is 5.13. The normalized spacial score (nSPS) is 26.9. The van der Waals surface area contributed by atoms with Crippen LogP contribution in [0.15, 0.2) is 18.3 Å². The number of nitrogens with one attached hydrogen (secondary N) is 4. The van der Waals surface area contributed by atoms with E-state index in [4.69, 9.17) is 16.3 Å². The third-order valence-corrected chi connectivity index (χ3v) is 5.37. The van der Waals surface area contributed by atoms with E-state index in [0.717, 1.165) is 25.7 Å². The Morgan fingerprint density at radius 1 is 1.28 bits per heavy atom. The van der Waals surface area contributed by atoms with Gasteiger partial charge in [0.15, 0.2) is 0 Å². The monoisotopic (exact) mass is 423 g/mol. The van der Waals surface area contributed by atoms with Crippen LogP contribution in [0.1, 0.15) is 52.1 Å². The molecule has 2 heterocycles. The van der Waals surface area contributed by atoms with Gasteiger partial charge in [-0.1, -0.05) is 11.6 Å². The van der Waals surface area contributed by atoms with Crippen LogP contribution in [0.3, 0.4) is 0 Å². The minimum absolute atomic E-state index is 0.0632. The molecule has 8 nitrogen and oxygen atoms in total. The fraction of sp³-hybridized carbons (Fsp3) is 0.650. The summed E-state index contributed by atoms with van der Waals surface area (Å²) < 4.78 is 5.56. The lowest BCUT2D eigenvalue weighted by Gasteiger charge is -2.22. The number of amides is 2. The largest absolute Gasteiger partial charge is 0.446 e. The minimum atomic E-state index is -0.361. The molecule has 2 fully saturated rings. The fourth-order valence-corrected chi connectivity index (χ4v) is 4.06. The Kier molecular flexibility index (Phi) is 6.97. The molecule has 0 spiro atoms. The maximum Gasteiger partial charge on any atom is 0.407 e. The molecule has 1 saturated carbocycles. The summed E-state index contributed by atoms with van der Waals surface area (Å²) in [6, 6.07) is 3.60. The quantitative estimate of drug-likeness (QED) is 0.579. The van der Waals surface area contributed by atoms with Crippen LogP contribution in [-0.2, 0) is 16.0 Å². The SMILES string of the molecule is CC(C)(C)NC(=O)O[C@@H]1CC[C@H](C2CC(NC(=O)Cc3cc(Cl)ccn3)NN2)C1. The molecule has 3 rings (SSSR count). The molecule has 1 aliphatic heterocycles. The van der Waals surface area contributed by atoms with Crippen molar-refractivity contribution in [1.82, 2.24) is 26.5 Å². The lowest BCUT2D eigenvalue weighted by Crippen LogP contribution is -2.45. The third kappa shape index (κ3) is 6.83. The second kappa shape index (κ2) is 9.28. The molecule has 9 heteroatoms. The molecule has 1 saturated heterocycles. The maximum absolute atomic E-state index is 12.3. The van der Waals surface area contributed by atoms with Crippen molar-refractivity contribution in [3.05, 3.63) is 29.0 Å². The smallest absolute Gasteiger partial charge is 0.407 e. The summed E-state index contributed by atoms with van der Waals surface area (Å²) in [5, 5.41) is 6.38. The molecule has 0 aromatic carbocycles. The molecular weight excluding hydrogens is 394 g/mol. The number of carbonyl (C=O) groups excluding carboxylic acids is 2. The highest BCUT2D eigenvalue weighted by molar-refractivity contribution is 6.30. The Morgan fingerprint density at radius 3 is 2.79 bits per heavy atom. The van der Waals surface area contributed by atoms with Gasteiger partial charge in [0.05, 0.1) is 18.3 Å². The van der Waals surface area contributed by atoms with Crippen LogP contribution in [0.4, 0.5) is 4.79 Å². The van der Waals surface area contributed by atoms with Gasteiger partial charge in [-0.3, -0.25) is 15.2 Å². The fourth-order valence-electron chi connectivity index (χ4n) is 3.87. The maximum atomic E-state index is 12.3. The van der Waals surface area contributed by atoms with Crippen molar-refractivity contribution in [3.8, 4) is 0 Å². The number of ether oxygens (including phenoxy) is 1. The molecule has 1 aromatic heterocycles. The van der Waals surface area contributed by atoms with Crippen molar-refractivity contribution in [1.29, 1.82) is 0 Å². The number of rotatable bonds is 5. The molecular formula is C20H30ClN5O3. The van der Waals surface area contributed by atoms with Gasteiger partial charge in [0.2, 0.25) is 5.91 Å². The van der Waals surface area contributed by atoms with E-state index in [2.05, 4.69) is 26.5 Å². The van der Waals surface area contributed by atoms with Crippen LogP contribution >= 0.6 is 11.6 Å². The topological polar surface area (TPSA) is 104 Å². The zero-order valence-corrected chi connectivity index (χ0v) is 17.9. The molecule has 4 N–H and O–H groups in total. The Hall–Kier alpha value is -1.90. The standard InChI is InChI=1S/C20H30ClN5O3/c1-20(2,3)24-19(28)29-15-5-4-12(8-15)16-11-17(26-25-16)23-18(27)10-14-9-13(21)6-7-22-14/h6-7,9,12,15-17,25-26H,4-5,8,10-11H2,1-3H3,(H,23,27)(H,24,28)/t12-,15+,16?,17?/m0/s1. The summed E-state index contributed by atoms with van der Waals surface area (Å²) in [4.78, 5) is 28.4. The number of hydrogen-bond donors (Lipinski definition) is 4. The highest BCUT2D eigenvalue weighted by atomic mass is 35.5. The predicted octanol–water partition coefficient (Wildman–Crippen LogP) is 2.28. The van der Waals surface area contributed by atoms with Gasteiger partial charge in [-0.15, -0.1) is 0 Å². The van der Waals surface area contributed by atoms with E-state index >= 15 is 0 Å². The van der Waals surface area contributed by atoms with Gasteiger partial charge < -0.3 is 15.4 Å². The van der Waals surface area contributed by atoms with Gasteiger partial charge in [-0.2, -0.15) is 0 Å². The lowest BCUT2D eigenvalue weighted by molar-refractivity contribution is -0.121. The summed E-state index contributed by atoms with van der Waals surface area (Å²) in [7, 11) is 0. The highest BCUT2D eigenvalue weighted by Gasteiger charge is 2.37. The molecule has 160 valence electrons. The van der Waals surface area contributed by atoms with Gasteiger partial charge >= 0.3 is 6.09 Å². The zero-order chi connectivity index (χ0) is 21.0. The average molecular weight is 424 g/mol. The summed E-state index contributed by atoms with van der Waals surface area (Å²) in [5.41, 5.74) is 6.76. The van der Waals surface area contributed by atoms with E-state index in [-0.39, 0.29) is 42.3 Å². The van der Waals surface area contributed by atoms with E-state index in [1.54, 1.807) is 18.3 Å². The van der Waals surface area contributed by atoms with Gasteiger partial charge in [0.1, 0.15) is 6.10 Å². The first-order valence-electron chi connectivity index (χ1n) is 10.1.